The molecule has 4 nitrogen and oxygen atoms in total. The van der Waals surface area contributed by atoms with Crippen molar-refractivity contribution in [2.24, 2.45) is 5.92 Å². The van der Waals surface area contributed by atoms with Gasteiger partial charge in [0.1, 0.15) is 6.10 Å². The van der Waals surface area contributed by atoms with Gasteiger partial charge in [0.15, 0.2) is 0 Å². The summed E-state index contributed by atoms with van der Waals surface area (Å²) in [6.45, 7) is 17.3. The summed E-state index contributed by atoms with van der Waals surface area (Å²) in [5.41, 5.74) is -0.484. The maximum atomic E-state index is 11.8. The summed E-state index contributed by atoms with van der Waals surface area (Å²) in [4.78, 5) is 18.0. The normalized spacial score (nSPS) is 25.0. The van der Waals surface area contributed by atoms with Crippen LogP contribution in [0.5, 0.6) is 0 Å². The lowest BCUT2D eigenvalue weighted by atomic mass is 9.73. The SMILES string of the molecule is C=CC(=O)OC1C(C)CC(C)(C)N(OCCCCCCCCC)C1(C)C. The summed E-state index contributed by atoms with van der Waals surface area (Å²) < 4.78 is 5.70. The highest BCUT2D eigenvalue weighted by molar-refractivity contribution is 5.81. The van der Waals surface area contributed by atoms with E-state index in [4.69, 9.17) is 9.57 Å². The minimum absolute atomic E-state index is 0.0961. The highest BCUT2D eigenvalue weighted by Gasteiger charge is 2.53. The second-order valence-electron chi connectivity index (χ2n) is 8.96. The zero-order valence-electron chi connectivity index (χ0n) is 18.0. The molecule has 0 spiro atoms. The Labute approximate surface area is 161 Å². The standard InChI is InChI=1S/C22H41NO3/c1-8-10-11-12-13-14-15-16-25-23-21(4,5)17-18(3)20(22(23,6)7)26-19(24)9-2/h9,18,20H,2,8,10-17H2,1,3-7H3. The molecule has 4 heteroatoms. The first-order chi connectivity index (χ1) is 12.2. The number of ether oxygens (including phenoxy) is 1. The van der Waals surface area contributed by atoms with Crippen LogP contribution in [0.25, 0.3) is 0 Å². The van der Waals surface area contributed by atoms with Gasteiger partial charge in [-0.15, -0.1) is 0 Å². The van der Waals surface area contributed by atoms with Gasteiger partial charge in [-0.25, -0.2) is 4.79 Å². The fourth-order valence-corrected chi connectivity index (χ4v) is 4.56. The number of nitrogens with zero attached hydrogens (tertiary/aromatic N) is 1. The largest absolute Gasteiger partial charge is 0.457 e. The van der Waals surface area contributed by atoms with Crippen LogP contribution >= 0.6 is 0 Å². The minimum atomic E-state index is -0.388. The molecule has 1 aliphatic rings. The third-order valence-corrected chi connectivity index (χ3v) is 5.49. The van der Waals surface area contributed by atoms with E-state index >= 15 is 0 Å². The van der Waals surface area contributed by atoms with E-state index in [2.05, 4.69) is 53.2 Å². The topological polar surface area (TPSA) is 38.8 Å². The Morgan fingerprint density at radius 2 is 1.69 bits per heavy atom. The van der Waals surface area contributed by atoms with Crippen LogP contribution in [-0.2, 0) is 14.4 Å². The molecule has 1 aliphatic heterocycles. The van der Waals surface area contributed by atoms with Crippen molar-refractivity contribution in [2.45, 2.75) is 110 Å². The van der Waals surface area contributed by atoms with Crippen molar-refractivity contribution in [2.75, 3.05) is 6.61 Å². The van der Waals surface area contributed by atoms with Crippen molar-refractivity contribution in [3.63, 3.8) is 0 Å². The van der Waals surface area contributed by atoms with Crippen molar-refractivity contribution >= 4 is 5.97 Å². The molecular weight excluding hydrogens is 326 g/mol. The van der Waals surface area contributed by atoms with Crippen molar-refractivity contribution in [1.29, 1.82) is 0 Å². The van der Waals surface area contributed by atoms with Crippen LogP contribution in [0.3, 0.4) is 0 Å². The van der Waals surface area contributed by atoms with E-state index < -0.39 is 0 Å². The summed E-state index contributed by atoms with van der Waals surface area (Å²) in [7, 11) is 0. The fraction of sp³-hybridized carbons (Fsp3) is 0.864. The Morgan fingerprint density at radius 1 is 1.12 bits per heavy atom. The van der Waals surface area contributed by atoms with Gasteiger partial charge in [-0.05, 0) is 46.5 Å². The number of unbranched alkanes of at least 4 members (excludes halogenated alkanes) is 6. The molecule has 2 unspecified atom stereocenters. The monoisotopic (exact) mass is 367 g/mol. The van der Waals surface area contributed by atoms with Crippen LogP contribution < -0.4 is 0 Å². The summed E-state index contributed by atoms with van der Waals surface area (Å²) in [5, 5.41) is 2.08. The van der Waals surface area contributed by atoms with Crippen molar-refractivity contribution < 1.29 is 14.4 Å². The van der Waals surface area contributed by atoms with Gasteiger partial charge < -0.3 is 4.74 Å². The number of rotatable bonds is 11. The summed E-state index contributed by atoms with van der Waals surface area (Å²) in [6, 6.07) is 0. The lowest BCUT2D eigenvalue weighted by molar-refractivity contribution is -0.312. The predicted molar refractivity (Wildman–Crippen MR) is 108 cm³/mol. The molecule has 0 N–H and O–H groups in total. The summed E-state index contributed by atoms with van der Waals surface area (Å²) >= 11 is 0. The van der Waals surface area contributed by atoms with E-state index in [1.165, 1.54) is 44.6 Å². The Balaban J connectivity index is 2.59. The maximum absolute atomic E-state index is 11.8. The maximum Gasteiger partial charge on any atom is 0.330 e. The molecule has 0 amide bonds. The first kappa shape index (κ1) is 23.2. The quantitative estimate of drug-likeness (QED) is 0.268. The number of carbonyl (C=O) groups is 1. The summed E-state index contributed by atoms with van der Waals surface area (Å²) in [5.74, 6) is -0.0935. The molecule has 152 valence electrons. The van der Waals surface area contributed by atoms with Crippen LogP contribution in [0.15, 0.2) is 12.7 Å². The molecule has 26 heavy (non-hydrogen) atoms. The number of piperidine rings is 1. The van der Waals surface area contributed by atoms with E-state index in [9.17, 15) is 4.79 Å². The van der Waals surface area contributed by atoms with Gasteiger partial charge in [0.25, 0.3) is 0 Å². The Kier molecular flexibility index (Phi) is 9.32. The zero-order valence-corrected chi connectivity index (χ0v) is 18.0. The van der Waals surface area contributed by atoms with Gasteiger partial charge >= 0.3 is 5.97 Å². The van der Waals surface area contributed by atoms with Crippen LogP contribution in [0.2, 0.25) is 0 Å². The number of hydroxylamine groups is 2. The number of carbonyl (C=O) groups excluding carboxylic acids is 1. The molecule has 0 aromatic heterocycles. The number of esters is 1. The highest BCUT2D eigenvalue weighted by atomic mass is 16.7. The van der Waals surface area contributed by atoms with Gasteiger partial charge in [-0.3, -0.25) is 4.84 Å². The molecule has 0 aromatic rings. The Bertz CT molecular complexity index is 445. The van der Waals surface area contributed by atoms with Gasteiger partial charge in [-0.2, -0.15) is 5.06 Å². The van der Waals surface area contributed by atoms with Crippen LogP contribution in [0.4, 0.5) is 0 Å². The molecule has 0 aliphatic carbocycles. The van der Waals surface area contributed by atoms with E-state index in [0.29, 0.717) is 0 Å². The third-order valence-electron chi connectivity index (χ3n) is 5.49. The second kappa shape index (κ2) is 10.5. The van der Waals surface area contributed by atoms with Crippen LogP contribution in [0, 0.1) is 5.92 Å². The van der Waals surface area contributed by atoms with E-state index in [1.54, 1.807) is 0 Å². The number of hydrogen-bond donors (Lipinski definition) is 0. The molecule has 1 heterocycles. The average Bonchev–Trinajstić information content (AvgIpc) is 2.55. The molecule has 2 atom stereocenters. The first-order valence-electron chi connectivity index (χ1n) is 10.4. The number of hydrogen-bond acceptors (Lipinski definition) is 4. The van der Waals surface area contributed by atoms with Crippen molar-refractivity contribution in [1.82, 2.24) is 5.06 Å². The fourth-order valence-electron chi connectivity index (χ4n) is 4.56. The molecule has 0 saturated carbocycles. The van der Waals surface area contributed by atoms with E-state index in [0.717, 1.165) is 19.4 Å². The molecule has 0 radical (unpaired) electrons. The zero-order chi connectivity index (χ0) is 19.8. The van der Waals surface area contributed by atoms with Gasteiger partial charge in [0.05, 0.1) is 12.1 Å². The van der Waals surface area contributed by atoms with Crippen molar-refractivity contribution in [3.8, 4) is 0 Å². The predicted octanol–water partition coefficient (Wildman–Crippen LogP) is 5.67. The van der Waals surface area contributed by atoms with Crippen LogP contribution in [-0.4, -0.2) is 34.8 Å². The van der Waals surface area contributed by atoms with Crippen LogP contribution in [0.1, 0.15) is 92.9 Å². The molecule has 0 aromatic carbocycles. The Hall–Kier alpha value is -0.870. The molecule has 1 fully saturated rings. The van der Waals surface area contributed by atoms with E-state index in [-0.39, 0.29) is 29.1 Å². The lowest BCUT2D eigenvalue weighted by Crippen LogP contribution is -2.67. The summed E-state index contributed by atoms with van der Waals surface area (Å²) in [6.07, 6.45) is 10.8. The smallest absolute Gasteiger partial charge is 0.330 e. The Morgan fingerprint density at radius 3 is 2.27 bits per heavy atom. The lowest BCUT2D eigenvalue weighted by Gasteiger charge is -2.56. The van der Waals surface area contributed by atoms with Gasteiger partial charge in [-0.1, -0.05) is 59.0 Å². The van der Waals surface area contributed by atoms with Gasteiger partial charge in [0, 0.05) is 11.6 Å². The third kappa shape index (κ3) is 6.38. The molecule has 1 rings (SSSR count). The van der Waals surface area contributed by atoms with Gasteiger partial charge in [0.2, 0.25) is 0 Å². The molecular formula is C22H41NO3. The van der Waals surface area contributed by atoms with E-state index in [1.807, 2.05) is 0 Å². The minimum Gasteiger partial charge on any atom is -0.457 e. The second-order valence-corrected chi connectivity index (χ2v) is 8.96. The molecule has 1 saturated heterocycles. The molecule has 0 bridgehead atoms. The highest BCUT2D eigenvalue weighted by Crippen LogP contribution is 2.43. The first-order valence-corrected chi connectivity index (χ1v) is 10.4. The average molecular weight is 368 g/mol. The van der Waals surface area contributed by atoms with Crippen molar-refractivity contribution in [3.05, 3.63) is 12.7 Å².